The van der Waals surface area contributed by atoms with Crippen molar-refractivity contribution in [3.63, 3.8) is 0 Å². The van der Waals surface area contributed by atoms with Crippen LogP contribution in [-0.4, -0.2) is 23.1 Å². The fourth-order valence-electron chi connectivity index (χ4n) is 2.20. The molecule has 0 atom stereocenters. The molecule has 1 heterocycles. The number of hydrogen-bond acceptors (Lipinski definition) is 3. The molecule has 92 valence electrons. The number of rotatable bonds is 5. The lowest BCUT2D eigenvalue weighted by molar-refractivity contribution is 0.668. The van der Waals surface area contributed by atoms with E-state index in [1.807, 2.05) is 6.20 Å². The van der Waals surface area contributed by atoms with Crippen LogP contribution in [0.4, 0.5) is 5.82 Å². The Kier molecular flexibility index (Phi) is 2.95. The van der Waals surface area contributed by atoms with E-state index in [0.29, 0.717) is 5.28 Å². The zero-order valence-electron chi connectivity index (χ0n) is 10.2. The summed E-state index contributed by atoms with van der Waals surface area (Å²) in [6.07, 6.45) is 7.33. The highest BCUT2D eigenvalue weighted by Gasteiger charge is 2.30. The molecule has 0 saturated heterocycles. The van der Waals surface area contributed by atoms with Gasteiger partial charge >= 0.3 is 0 Å². The Morgan fingerprint density at radius 2 is 1.82 bits per heavy atom. The van der Waals surface area contributed by atoms with Gasteiger partial charge in [0.2, 0.25) is 5.28 Å². The molecule has 0 aliphatic heterocycles. The lowest BCUT2D eigenvalue weighted by Crippen LogP contribution is -2.29. The normalized spacial score (nSPS) is 19.4. The summed E-state index contributed by atoms with van der Waals surface area (Å²) in [4.78, 5) is 10.9. The van der Waals surface area contributed by atoms with Crippen LogP contribution in [0.5, 0.6) is 0 Å². The highest BCUT2D eigenvalue weighted by molar-refractivity contribution is 6.28. The summed E-state index contributed by atoms with van der Waals surface area (Å²) < 4.78 is 0. The highest BCUT2D eigenvalue weighted by atomic mass is 35.5. The van der Waals surface area contributed by atoms with Gasteiger partial charge in [-0.25, -0.2) is 9.97 Å². The van der Waals surface area contributed by atoms with Crippen molar-refractivity contribution >= 4 is 17.4 Å². The minimum atomic E-state index is 0.363. The summed E-state index contributed by atoms with van der Waals surface area (Å²) in [5, 5.41) is 0.363. The summed E-state index contributed by atoms with van der Waals surface area (Å²) >= 11 is 5.92. The van der Waals surface area contributed by atoms with Gasteiger partial charge in [-0.3, -0.25) is 0 Å². The van der Waals surface area contributed by atoms with Crippen molar-refractivity contribution in [1.82, 2.24) is 9.97 Å². The molecule has 0 radical (unpaired) electrons. The third-order valence-corrected chi connectivity index (χ3v) is 3.75. The third-order valence-electron chi connectivity index (χ3n) is 3.57. The maximum Gasteiger partial charge on any atom is 0.224 e. The predicted octanol–water partition coefficient (Wildman–Crippen LogP) is 3.06. The number of anilines is 1. The molecule has 0 aromatic carbocycles. The summed E-state index contributed by atoms with van der Waals surface area (Å²) in [5.41, 5.74) is 1.13. The fourth-order valence-corrected chi connectivity index (χ4v) is 2.33. The average molecular weight is 252 g/mol. The highest BCUT2D eigenvalue weighted by Crippen LogP contribution is 2.36. The van der Waals surface area contributed by atoms with Gasteiger partial charge in [0.1, 0.15) is 5.82 Å². The zero-order chi connectivity index (χ0) is 11.8. The van der Waals surface area contributed by atoms with Crippen LogP contribution in [0.1, 0.15) is 31.2 Å². The van der Waals surface area contributed by atoms with E-state index in [1.54, 1.807) is 0 Å². The van der Waals surface area contributed by atoms with Crippen molar-refractivity contribution in [3.8, 4) is 0 Å². The van der Waals surface area contributed by atoms with Crippen molar-refractivity contribution in [1.29, 1.82) is 0 Å². The van der Waals surface area contributed by atoms with Crippen molar-refractivity contribution in [2.24, 2.45) is 11.8 Å². The molecular weight excluding hydrogens is 234 g/mol. The second-order valence-electron chi connectivity index (χ2n) is 5.44. The molecule has 0 amide bonds. The quantitative estimate of drug-likeness (QED) is 0.754. The number of nitrogens with zero attached hydrogens (tertiary/aromatic N) is 3. The minimum Gasteiger partial charge on any atom is -0.356 e. The SMILES string of the molecule is Cc1cnc(Cl)nc1N(CC1CC1)CC1CC1. The molecule has 2 fully saturated rings. The molecule has 1 aromatic rings. The maximum absolute atomic E-state index is 5.92. The first-order valence-corrected chi connectivity index (χ1v) is 6.84. The Hall–Kier alpha value is -0.830. The first-order chi connectivity index (χ1) is 8.22. The van der Waals surface area contributed by atoms with Crippen LogP contribution < -0.4 is 4.90 Å². The van der Waals surface area contributed by atoms with Crippen LogP contribution in [-0.2, 0) is 0 Å². The minimum absolute atomic E-state index is 0.363. The van der Waals surface area contributed by atoms with E-state index in [0.717, 1.165) is 36.3 Å². The summed E-state index contributed by atoms with van der Waals surface area (Å²) in [5.74, 6) is 2.80. The van der Waals surface area contributed by atoms with Crippen LogP contribution in [0.25, 0.3) is 0 Å². The zero-order valence-corrected chi connectivity index (χ0v) is 11.0. The molecule has 0 bridgehead atoms. The van der Waals surface area contributed by atoms with E-state index in [-0.39, 0.29) is 0 Å². The Labute approximate surface area is 107 Å². The molecular formula is C13H18ClN3. The van der Waals surface area contributed by atoms with Gasteiger partial charge in [0.25, 0.3) is 0 Å². The molecule has 3 nitrogen and oxygen atoms in total. The van der Waals surface area contributed by atoms with Crippen LogP contribution in [0.3, 0.4) is 0 Å². The standard InChI is InChI=1S/C13H18ClN3/c1-9-6-15-13(14)16-12(9)17(7-10-2-3-10)8-11-4-5-11/h6,10-11H,2-5,7-8H2,1H3. The van der Waals surface area contributed by atoms with Gasteiger partial charge in [-0.2, -0.15) is 0 Å². The van der Waals surface area contributed by atoms with E-state index in [4.69, 9.17) is 11.6 Å². The van der Waals surface area contributed by atoms with Gasteiger partial charge in [-0.05, 0) is 56.0 Å². The maximum atomic E-state index is 5.92. The van der Waals surface area contributed by atoms with Crippen LogP contribution in [0.15, 0.2) is 6.20 Å². The lowest BCUT2D eigenvalue weighted by Gasteiger charge is -2.25. The molecule has 0 N–H and O–H groups in total. The molecule has 2 aliphatic carbocycles. The predicted molar refractivity (Wildman–Crippen MR) is 69.4 cm³/mol. The summed E-state index contributed by atoms with van der Waals surface area (Å²) in [6.45, 7) is 4.35. The molecule has 2 aliphatic rings. The third kappa shape index (κ3) is 2.89. The van der Waals surface area contributed by atoms with Gasteiger partial charge in [0, 0.05) is 24.8 Å². The topological polar surface area (TPSA) is 29.0 Å². The second kappa shape index (κ2) is 4.45. The van der Waals surface area contributed by atoms with Crippen LogP contribution >= 0.6 is 11.6 Å². The first kappa shape index (κ1) is 11.3. The summed E-state index contributed by atoms with van der Waals surface area (Å²) in [7, 11) is 0. The Balaban J connectivity index is 1.80. The number of aryl methyl sites for hydroxylation is 1. The monoisotopic (exact) mass is 251 g/mol. The van der Waals surface area contributed by atoms with Gasteiger partial charge in [-0.1, -0.05) is 0 Å². The number of halogens is 1. The number of aromatic nitrogens is 2. The first-order valence-electron chi connectivity index (χ1n) is 6.46. The van der Waals surface area contributed by atoms with Gasteiger partial charge < -0.3 is 4.90 Å². The summed E-state index contributed by atoms with van der Waals surface area (Å²) in [6, 6.07) is 0. The lowest BCUT2D eigenvalue weighted by atomic mass is 10.2. The largest absolute Gasteiger partial charge is 0.356 e. The number of hydrogen-bond donors (Lipinski definition) is 0. The average Bonchev–Trinajstić information content (AvgIpc) is 3.15. The molecule has 17 heavy (non-hydrogen) atoms. The molecule has 1 aromatic heterocycles. The van der Waals surface area contributed by atoms with Crippen molar-refractivity contribution in [2.45, 2.75) is 32.6 Å². The Morgan fingerprint density at radius 1 is 1.24 bits per heavy atom. The molecule has 0 spiro atoms. The van der Waals surface area contributed by atoms with Crippen molar-refractivity contribution in [2.75, 3.05) is 18.0 Å². The molecule has 2 saturated carbocycles. The Morgan fingerprint density at radius 3 is 2.35 bits per heavy atom. The molecule has 0 unspecified atom stereocenters. The fraction of sp³-hybridized carbons (Fsp3) is 0.692. The van der Waals surface area contributed by atoms with Crippen molar-refractivity contribution in [3.05, 3.63) is 17.0 Å². The smallest absolute Gasteiger partial charge is 0.224 e. The van der Waals surface area contributed by atoms with Gasteiger partial charge in [0.15, 0.2) is 0 Å². The second-order valence-corrected chi connectivity index (χ2v) is 5.78. The van der Waals surface area contributed by atoms with Crippen LogP contribution in [0.2, 0.25) is 5.28 Å². The van der Waals surface area contributed by atoms with E-state index >= 15 is 0 Å². The van der Waals surface area contributed by atoms with E-state index in [2.05, 4.69) is 21.8 Å². The van der Waals surface area contributed by atoms with E-state index in [9.17, 15) is 0 Å². The molecule has 4 heteroatoms. The Bertz CT molecular complexity index is 399. The van der Waals surface area contributed by atoms with Gasteiger partial charge in [0.05, 0.1) is 0 Å². The van der Waals surface area contributed by atoms with E-state index < -0.39 is 0 Å². The molecule has 3 rings (SSSR count). The van der Waals surface area contributed by atoms with Gasteiger partial charge in [-0.15, -0.1) is 0 Å². The van der Waals surface area contributed by atoms with Crippen molar-refractivity contribution < 1.29 is 0 Å². The van der Waals surface area contributed by atoms with Crippen LogP contribution in [0, 0.1) is 18.8 Å². The van der Waals surface area contributed by atoms with E-state index in [1.165, 1.54) is 25.7 Å².